The molecule has 1 saturated heterocycles. The summed E-state index contributed by atoms with van der Waals surface area (Å²) in [5, 5.41) is 14.9. The summed E-state index contributed by atoms with van der Waals surface area (Å²) in [4.78, 5) is 14.2. The number of halogens is 1. The molecule has 174 valence electrons. The van der Waals surface area contributed by atoms with Crippen molar-refractivity contribution in [3.63, 3.8) is 0 Å². The van der Waals surface area contributed by atoms with Crippen LogP contribution >= 0.6 is 0 Å². The molecule has 3 N–H and O–H groups in total. The lowest BCUT2D eigenvalue weighted by atomic mass is 9.91. The number of benzene rings is 2. The van der Waals surface area contributed by atoms with Crippen molar-refractivity contribution < 1.29 is 13.9 Å². The zero-order valence-corrected chi connectivity index (χ0v) is 19.2. The van der Waals surface area contributed by atoms with Gasteiger partial charge in [-0.25, -0.2) is 4.39 Å². The Morgan fingerprint density at radius 2 is 1.91 bits per heavy atom. The molecule has 0 unspecified atom stereocenters. The predicted octanol–water partition coefficient (Wildman–Crippen LogP) is 4.64. The zero-order chi connectivity index (χ0) is 23.4. The summed E-state index contributed by atoms with van der Waals surface area (Å²) in [6.07, 6.45) is 6.81. The minimum atomic E-state index is -0.333. The first kappa shape index (κ1) is 23.0. The van der Waals surface area contributed by atoms with Gasteiger partial charge in [-0.15, -0.1) is 0 Å². The van der Waals surface area contributed by atoms with Crippen molar-refractivity contribution in [2.45, 2.75) is 51.6 Å². The predicted molar refractivity (Wildman–Crippen MR) is 130 cm³/mol. The number of hydrogen-bond acceptors (Lipinski definition) is 5. The normalized spacial score (nSPS) is 19.1. The average Bonchev–Trinajstić information content (AvgIpc) is 2.82. The number of ether oxygens (including phenoxy) is 1. The fourth-order valence-electron chi connectivity index (χ4n) is 4.64. The minimum absolute atomic E-state index is 0.0145. The molecule has 4 rings (SSSR count). The summed E-state index contributed by atoms with van der Waals surface area (Å²) in [6.45, 7) is 5.57. The van der Waals surface area contributed by atoms with Gasteiger partial charge in [0, 0.05) is 48.1 Å². The third-order valence-electron chi connectivity index (χ3n) is 6.40. The van der Waals surface area contributed by atoms with E-state index in [-0.39, 0.29) is 17.8 Å². The van der Waals surface area contributed by atoms with Crippen molar-refractivity contribution in [3.8, 4) is 11.5 Å². The molecular formula is C26H31FN4O2. The standard InChI is InChI=1S/C26H31FN4O2/c1-17-3-8-24-25(31(17)18(2)32)10-9-23(26(24)33-22-6-4-20(27)5-7-22)19(15-28)16-30-21-11-13-29-14-12-21/h4-7,9-10,15-17,21,28-30H,3,8,11-14H2,1-2H3/b19-16+,28-15?/t17-/m0/s1. The third-order valence-corrected chi connectivity index (χ3v) is 6.40. The fraction of sp³-hybridized carbons (Fsp3) is 0.385. The van der Waals surface area contributed by atoms with Crippen LogP contribution in [0.3, 0.4) is 0 Å². The molecule has 33 heavy (non-hydrogen) atoms. The number of rotatable bonds is 6. The maximum Gasteiger partial charge on any atom is 0.224 e. The van der Waals surface area contributed by atoms with Gasteiger partial charge in [-0.1, -0.05) is 0 Å². The van der Waals surface area contributed by atoms with Crippen LogP contribution in [0, 0.1) is 11.2 Å². The number of anilines is 1. The molecule has 0 spiro atoms. The molecule has 0 radical (unpaired) electrons. The zero-order valence-electron chi connectivity index (χ0n) is 19.2. The van der Waals surface area contributed by atoms with Crippen molar-refractivity contribution in [1.29, 1.82) is 5.41 Å². The lowest BCUT2D eigenvalue weighted by Gasteiger charge is -2.36. The number of carbonyl (C=O) groups excluding carboxylic acids is 1. The van der Waals surface area contributed by atoms with Crippen LogP contribution < -0.4 is 20.3 Å². The molecule has 2 aliphatic rings. The van der Waals surface area contributed by atoms with Crippen molar-refractivity contribution in [3.05, 3.63) is 59.5 Å². The van der Waals surface area contributed by atoms with Gasteiger partial charge in [0.15, 0.2) is 0 Å². The minimum Gasteiger partial charge on any atom is -0.456 e. The Labute approximate surface area is 194 Å². The van der Waals surface area contributed by atoms with Crippen LogP contribution in [0.5, 0.6) is 11.5 Å². The summed E-state index contributed by atoms with van der Waals surface area (Å²) in [7, 11) is 0. The molecule has 0 bridgehead atoms. The van der Waals surface area contributed by atoms with Crippen LogP contribution in [0.1, 0.15) is 44.2 Å². The van der Waals surface area contributed by atoms with E-state index in [1.54, 1.807) is 24.0 Å². The van der Waals surface area contributed by atoms with E-state index in [9.17, 15) is 9.18 Å². The maximum absolute atomic E-state index is 13.5. The van der Waals surface area contributed by atoms with Crippen molar-refractivity contribution >= 4 is 23.4 Å². The number of amides is 1. The van der Waals surface area contributed by atoms with E-state index in [1.165, 1.54) is 18.3 Å². The van der Waals surface area contributed by atoms with E-state index < -0.39 is 0 Å². The van der Waals surface area contributed by atoms with Crippen LogP contribution in [0.25, 0.3) is 5.57 Å². The quantitative estimate of drug-likeness (QED) is 0.561. The Balaban J connectivity index is 1.77. The number of hydrogen-bond donors (Lipinski definition) is 3. The largest absolute Gasteiger partial charge is 0.456 e. The SMILES string of the molecule is CC(=O)N1c2ccc(/C(C=N)=C/NC3CCNCC3)c(Oc3ccc(F)cc3)c2CC[C@@H]1C. The first-order valence-corrected chi connectivity index (χ1v) is 11.5. The molecule has 0 saturated carbocycles. The number of piperidine rings is 1. The second kappa shape index (κ2) is 10.2. The first-order valence-electron chi connectivity index (χ1n) is 11.5. The number of carbonyl (C=O) groups is 1. The van der Waals surface area contributed by atoms with Gasteiger partial charge in [-0.3, -0.25) is 4.79 Å². The van der Waals surface area contributed by atoms with Crippen LogP contribution in [0.2, 0.25) is 0 Å². The Bertz CT molecular complexity index is 1050. The topological polar surface area (TPSA) is 77.5 Å². The highest BCUT2D eigenvalue weighted by Gasteiger charge is 2.30. The van der Waals surface area contributed by atoms with Crippen molar-refractivity contribution in [2.24, 2.45) is 0 Å². The van der Waals surface area contributed by atoms with E-state index in [0.717, 1.165) is 55.6 Å². The van der Waals surface area contributed by atoms with Gasteiger partial charge in [0.1, 0.15) is 17.3 Å². The Morgan fingerprint density at radius 1 is 1.18 bits per heavy atom. The molecule has 1 amide bonds. The average molecular weight is 451 g/mol. The lowest BCUT2D eigenvalue weighted by Crippen LogP contribution is -2.40. The first-order chi connectivity index (χ1) is 16.0. The summed E-state index contributed by atoms with van der Waals surface area (Å²) >= 11 is 0. The van der Waals surface area contributed by atoms with Gasteiger partial charge >= 0.3 is 0 Å². The third kappa shape index (κ3) is 5.09. The molecule has 1 atom stereocenters. The highest BCUT2D eigenvalue weighted by Crippen LogP contribution is 2.43. The monoisotopic (exact) mass is 450 g/mol. The Morgan fingerprint density at radius 3 is 2.58 bits per heavy atom. The van der Waals surface area contributed by atoms with Crippen LogP contribution in [-0.4, -0.2) is 37.3 Å². The van der Waals surface area contributed by atoms with Crippen LogP contribution in [-0.2, 0) is 11.2 Å². The summed E-state index contributed by atoms with van der Waals surface area (Å²) in [6, 6.07) is 10.2. The molecule has 0 aliphatic carbocycles. The van der Waals surface area contributed by atoms with Gasteiger partial charge in [0.2, 0.25) is 5.91 Å². The van der Waals surface area contributed by atoms with Gasteiger partial charge in [-0.05, 0) is 82.1 Å². The number of fused-ring (bicyclic) bond motifs is 1. The van der Waals surface area contributed by atoms with Gasteiger partial charge in [-0.2, -0.15) is 0 Å². The van der Waals surface area contributed by atoms with Gasteiger partial charge < -0.3 is 25.7 Å². The molecule has 2 heterocycles. The van der Waals surface area contributed by atoms with E-state index >= 15 is 0 Å². The highest BCUT2D eigenvalue weighted by atomic mass is 19.1. The summed E-state index contributed by atoms with van der Waals surface area (Å²) < 4.78 is 19.8. The van der Waals surface area contributed by atoms with E-state index in [2.05, 4.69) is 10.6 Å². The van der Waals surface area contributed by atoms with Crippen LogP contribution in [0.4, 0.5) is 10.1 Å². The van der Waals surface area contributed by atoms with Crippen LogP contribution in [0.15, 0.2) is 42.6 Å². The molecular weight excluding hydrogens is 419 g/mol. The molecule has 2 aromatic rings. The molecule has 6 nitrogen and oxygen atoms in total. The highest BCUT2D eigenvalue weighted by molar-refractivity contribution is 6.10. The van der Waals surface area contributed by atoms with E-state index in [0.29, 0.717) is 23.1 Å². The van der Waals surface area contributed by atoms with E-state index in [4.69, 9.17) is 10.1 Å². The Hall–Kier alpha value is -3.19. The maximum atomic E-state index is 13.5. The molecule has 1 fully saturated rings. The van der Waals surface area contributed by atoms with Crippen molar-refractivity contribution in [1.82, 2.24) is 10.6 Å². The van der Waals surface area contributed by atoms with E-state index in [1.807, 2.05) is 25.3 Å². The summed E-state index contributed by atoms with van der Waals surface area (Å²) in [5.74, 6) is 0.772. The molecule has 2 aromatic carbocycles. The molecule has 2 aliphatic heterocycles. The summed E-state index contributed by atoms with van der Waals surface area (Å²) in [5.41, 5.74) is 3.23. The molecule has 7 heteroatoms. The fourth-order valence-corrected chi connectivity index (χ4v) is 4.64. The Kier molecular flexibility index (Phi) is 7.08. The molecule has 0 aromatic heterocycles. The van der Waals surface area contributed by atoms with Crippen molar-refractivity contribution in [2.75, 3.05) is 18.0 Å². The van der Waals surface area contributed by atoms with Gasteiger partial charge in [0.25, 0.3) is 0 Å². The number of nitrogens with one attached hydrogen (secondary N) is 3. The lowest BCUT2D eigenvalue weighted by molar-refractivity contribution is -0.117. The second-order valence-corrected chi connectivity index (χ2v) is 8.71. The smallest absolute Gasteiger partial charge is 0.224 e. The van der Waals surface area contributed by atoms with Gasteiger partial charge in [0.05, 0.1) is 5.69 Å². The number of allylic oxidation sites excluding steroid dienone is 1. The second-order valence-electron chi connectivity index (χ2n) is 8.71. The number of nitrogens with zero attached hydrogens (tertiary/aromatic N) is 1.